The Morgan fingerprint density at radius 1 is 0.850 bits per heavy atom. The van der Waals surface area contributed by atoms with Gasteiger partial charge in [-0.1, -0.05) is 52.4 Å². The molecule has 0 aliphatic carbocycles. The quantitative estimate of drug-likeness (QED) is 0.348. The maximum Gasteiger partial charge on any atom is 0.438 e. The van der Waals surface area contributed by atoms with E-state index in [-0.39, 0.29) is 13.2 Å². The van der Waals surface area contributed by atoms with Crippen LogP contribution in [0.3, 0.4) is 0 Å². The topological polar surface area (TPSA) is 61.8 Å². The summed E-state index contributed by atoms with van der Waals surface area (Å²) in [7, 11) is -2.58. The number of unbranched alkanes of at least 4 members (excludes halogenated alkanes) is 6. The Kier molecular flexibility index (Phi) is 12.1. The third-order valence-corrected chi connectivity index (χ3v) is 4.59. The maximum atomic E-state index is 12.3. The SMILES string of the molecule is CCCCCCOP(=O)(OCCCCCC)C(=O)OC. The molecule has 20 heavy (non-hydrogen) atoms. The first kappa shape index (κ1) is 19.6. The van der Waals surface area contributed by atoms with Crippen LogP contribution < -0.4 is 0 Å². The van der Waals surface area contributed by atoms with Crippen LogP contribution in [0.15, 0.2) is 0 Å². The summed E-state index contributed by atoms with van der Waals surface area (Å²) in [5.41, 5.74) is -0.900. The Morgan fingerprint density at radius 2 is 1.30 bits per heavy atom. The first-order valence-electron chi connectivity index (χ1n) is 7.58. The minimum Gasteiger partial charge on any atom is -0.460 e. The fraction of sp³-hybridized carbons (Fsp3) is 0.929. The number of ether oxygens (including phenoxy) is 1. The Morgan fingerprint density at radius 3 is 1.65 bits per heavy atom. The van der Waals surface area contributed by atoms with Crippen molar-refractivity contribution in [3.63, 3.8) is 0 Å². The highest BCUT2D eigenvalue weighted by molar-refractivity contribution is 7.71. The van der Waals surface area contributed by atoms with Gasteiger partial charge in [0.05, 0.1) is 20.3 Å². The fourth-order valence-electron chi connectivity index (χ4n) is 1.68. The summed E-state index contributed by atoms with van der Waals surface area (Å²) in [5.74, 6) is 0. The monoisotopic (exact) mass is 308 g/mol. The summed E-state index contributed by atoms with van der Waals surface area (Å²) < 4.78 is 27.2. The predicted octanol–water partition coefficient (Wildman–Crippen LogP) is 5.14. The average molecular weight is 308 g/mol. The number of hydrogen-bond donors (Lipinski definition) is 0. The van der Waals surface area contributed by atoms with Crippen LogP contribution >= 0.6 is 7.60 Å². The lowest BCUT2D eigenvalue weighted by Gasteiger charge is -2.16. The maximum absolute atomic E-state index is 12.3. The summed E-state index contributed by atoms with van der Waals surface area (Å²) in [6, 6.07) is 0. The van der Waals surface area contributed by atoms with Crippen LogP contribution in [-0.2, 0) is 18.3 Å². The van der Waals surface area contributed by atoms with Gasteiger partial charge in [-0.3, -0.25) is 0 Å². The molecule has 0 aliphatic rings. The second kappa shape index (κ2) is 12.4. The fourth-order valence-corrected chi connectivity index (χ4v) is 2.93. The summed E-state index contributed by atoms with van der Waals surface area (Å²) in [5, 5.41) is 0. The van der Waals surface area contributed by atoms with Gasteiger partial charge < -0.3 is 13.8 Å². The van der Waals surface area contributed by atoms with Crippen LogP contribution in [0.2, 0.25) is 0 Å². The van der Waals surface area contributed by atoms with Crippen molar-refractivity contribution in [2.45, 2.75) is 65.2 Å². The third-order valence-electron chi connectivity index (χ3n) is 2.92. The van der Waals surface area contributed by atoms with Crippen molar-refractivity contribution in [2.24, 2.45) is 0 Å². The Labute approximate surface area is 122 Å². The number of carbonyl (C=O) groups is 1. The molecule has 6 heteroatoms. The van der Waals surface area contributed by atoms with E-state index in [1.165, 1.54) is 7.11 Å². The molecule has 5 nitrogen and oxygen atoms in total. The zero-order chi connectivity index (χ0) is 15.3. The molecule has 0 saturated heterocycles. The molecule has 0 saturated carbocycles. The summed E-state index contributed by atoms with van der Waals surface area (Å²) in [6.07, 6.45) is 7.96. The van der Waals surface area contributed by atoms with E-state index in [4.69, 9.17) is 9.05 Å². The molecule has 0 rings (SSSR count). The van der Waals surface area contributed by atoms with Crippen molar-refractivity contribution >= 4 is 13.3 Å². The van der Waals surface area contributed by atoms with E-state index in [1.807, 2.05) is 0 Å². The van der Waals surface area contributed by atoms with Gasteiger partial charge in [0.15, 0.2) is 0 Å². The normalized spacial score (nSPS) is 11.6. The Balaban J connectivity index is 4.09. The molecule has 120 valence electrons. The average Bonchev–Trinajstić information content (AvgIpc) is 2.46. The molecule has 0 aromatic rings. The van der Waals surface area contributed by atoms with Gasteiger partial charge in [0.1, 0.15) is 0 Å². The lowest BCUT2D eigenvalue weighted by molar-refractivity contribution is 0.159. The Hall–Kier alpha value is -0.380. The minimum absolute atomic E-state index is 0.265. The molecule has 0 atom stereocenters. The molecular formula is C14H29O5P. The van der Waals surface area contributed by atoms with E-state index in [0.717, 1.165) is 51.4 Å². The first-order chi connectivity index (χ1) is 9.60. The largest absolute Gasteiger partial charge is 0.460 e. The summed E-state index contributed by atoms with van der Waals surface area (Å²) >= 11 is 0. The molecule has 0 aromatic carbocycles. The van der Waals surface area contributed by atoms with Crippen LogP contribution in [-0.4, -0.2) is 26.0 Å². The lowest BCUT2D eigenvalue weighted by atomic mass is 10.2. The van der Waals surface area contributed by atoms with Crippen molar-refractivity contribution in [3.05, 3.63) is 0 Å². The van der Waals surface area contributed by atoms with Crippen molar-refractivity contribution < 1.29 is 23.1 Å². The van der Waals surface area contributed by atoms with Crippen LogP contribution in [0.5, 0.6) is 0 Å². The van der Waals surface area contributed by atoms with Gasteiger partial charge in [0, 0.05) is 0 Å². The van der Waals surface area contributed by atoms with Gasteiger partial charge in [0.25, 0.3) is 0 Å². The number of carbonyl (C=O) groups excluding carboxylic acids is 1. The van der Waals surface area contributed by atoms with Gasteiger partial charge in [-0.05, 0) is 12.8 Å². The zero-order valence-corrected chi connectivity index (χ0v) is 14.0. The van der Waals surface area contributed by atoms with E-state index >= 15 is 0 Å². The van der Waals surface area contributed by atoms with E-state index in [0.29, 0.717) is 0 Å². The van der Waals surface area contributed by atoms with Crippen LogP contribution in [0.4, 0.5) is 4.79 Å². The van der Waals surface area contributed by atoms with Crippen molar-refractivity contribution in [2.75, 3.05) is 20.3 Å². The predicted molar refractivity (Wildman–Crippen MR) is 80.2 cm³/mol. The van der Waals surface area contributed by atoms with E-state index in [1.54, 1.807) is 0 Å². The zero-order valence-electron chi connectivity index (χ0n) is 13.1. The number of hydrogen-bond acceptors (Lipinski definition) is 5. The van der Waals surface area contributed by atoms with Gasteiger partial charge in [-0.2, -0.15) is 0 Å². The molecule has 0 fully saturated rings. The standard InChI is InChI=1S/C14H29O5P/c1-4-6-8-10-12-18-20(16,14(15)17-3)19-13-11-9-7-5-2/h4-13H2,1-3H3. The smallest absolute Gasteiger partial charge is 0.438 e. The number of rotatable bonds is 13. The highest BCUT2D eigenvalue weighted by Gasteiger charge is 2.36. The molecule has 0 aromatic heterocycles. The molecule has 0 unspecified atom stereocenters. The van der Waals surface area contributed by atoms with Crippen LogP contribution in [0.25, 0.3) is 0 Å². The first-order valence-corrected chi connectivity index (χ1v) is 9.12. The molecule has 0 N–H and O–H groups in total. The molecule has 0 amide bonds. The van der Waals surface area contributed by atoms with Gasteiger partial charge in [0.2, 0.25) is 0 Å². The van der Waals surface area contributed by atoms with E-state index < -0.39 is 13.3 Å². The van der Waals surface area contributed by atoms with Gasteiger partial charge in [-0.15, -0.1) is 0 Å². The van der Waals surface area contributed by atoms with Gasteiger partial charge >= 0.3 is 13.3 Å². The Bertz CT molecular complexity index is 275. The van der Waals surface area contributed by atoms with E-state index in [9.17, 15) is 9.36 Å². The third kappa shape index (κ3) is 8.72. The second-order valence-electron chi connectivity index (χ2n) is 4.76. The van der Waals surface area contributed by atoms with Crippen molar-refractivity contribution in [3.8, 4) is 0 Å². The lowest BCUT2D eigenvalue weighted by Crippen LogP contribution is -2.08. The molecular weight excluding hydrogens is 279 g/mol. The minimum atomic E-state index is -3.77. The highest BCUT2D eigenvalue weighted by Crippen LogP contribution is 2.50. The molecule has 0 spiro atoms. The molecule has 0 aliphatic heterocycles. The van der Waals surface area contributed by atoms with Crippen molar-refractivity contribution in [1.29, 1.82) is 0 Å². The van der Waals surface area contributed by atoms with Crippen LogP contribution in [0, 0.1) is 0 Å². The van der Waals surface area contributed by atoms with Gasteiger partial charge in [-0.25, -0.2) is 9.36 Å². The molecule has 0 bridgehead atoms. The second-order valence-corrected chi connectivity index (χ2v) is 6.63. The van der Waals surface area contributed by atoms with Crippen LogP contribution in [0.1, 0.15) is 65.2 Å². The molecule has 0 heterocycles. The summed E-state index contributed by atoms with van der Waals surface area (Å²) in [4.78, 5) is 11.5. The highest BCUT2D eigenvalue weighted by atomic mass is 31.2. The summed E-state index contributed by atoms with van der Waals surface area (Å²) in [6.45, 7) is 4.75. The van der Waals surface area contributed by atoms with E-state index in [2.05, 4.69) is 18.6 Å². The molecule has 0 radical (unpaired) electrons. The number of methoxy groups -OCH3 is 1. The van der Waals surface area contributed by atoms with Crippen molar-refractivity contribution in [1.82, 2.24) is 0 Å².